The van der Waals surface area contributed by atoms with Crippen LogP contribution in [0.25, 0.3) is 0 Å². The third-order valence-corrected chi connectivity index (χ3v) is 2.52. The van der Waals surface area contributed by atoms with Crippen LogP contribution in [-0.4, -0.2) is 23.7 Å². The molecule has 0 fully saturated rings. The van der Waals surface area contributed by atoms with E-state index in [1.807, 2.05) is 0 Å². The van der Waals surface area contributed by atoms with Gasteiger partial charge in [0, 0.05) is 12.0 Å². The first-order valence-electron chi connectivity index (χ1n) is 5.76. The predicted molar refractivity (Wildman–Crippen MR) is 63.3 cm³/mol. The van der Waals surface area contributed by atoms with Crippen LogP contribution in [0.1, 0.15) is 41.3 Å². The van der Waals surface area contributed by atoms with Gasteiger partial charge in [0.1, 0.15) is 0 Å². The number of carbonyl (C=O) groups is 2. The molecule has 0 bridgehead atoms. The number of esters is 1. The minimum absolute atomic E-state index is 0.0533. The molecule has 0 aliphatic rings. The normalized spacial score (nSPS) is 10.5. The van der Waals surface area contributed by atoms with Crippen molar-refractivity contribution in [1.82, 2.24) is 0 Å². The minimum Gasteiger partial charge on any atom is -0.481 e. The fourth-order valence-electron chi connectivity index (χ4n) is 1.72. The molecular weight excluding hydrogens is 258 g/mol. The Hall–Kier alpha value is -1.98. The number of rotatable bonds is 6. The zero-order chi connectivity index (χ0) is 14.4. The second-order valence-electron chi connectivity index (χ2n) is 3.79. The second kappa shape index (κ2) is 6.82. The molecule has 0 saturated heterocycles. The molecule has 6 heteroatoms. The summed E-state index contributed by atoms with van der Waals surface area (Å²) in [6.07, 6.45) is -3.18. The van der Waals surface area contributed by atoms with Crippen molar-refractivity contribution in [3.8, 4) is 0 Å². The van der Waals surface area contributed by atoms with Gasteiger partial charge in [-0.05, 0) is 25.0 Å². The minimum atomic E-state index is -2.86. The summed E-state index contributed by atoms with van der Waals surface area (Å²) < 4.78 is 30.8. The summed E-state index contributed by atoms with van der Waals surface area (Å²) in [5, 5.41) is 8.59. The number of alkyl halides is 2. The molecule has 0 spiro atoms. The summed E-state index contributed by atoms with van der Waals surface area (Å²) >= 11 is 0. The number of aliphatic carboxylic acids is 1. The molecule has 0 saturated carbocycles. The van der Waals surface area contributed by atoms with E-state index >= 15 is 0 Å². The van der Waals surface area contributed by atoms with Gasteiger partial charge < -0.3 is 9.84 Å². The van der Waals surface area contributed by atoms with Crippen LogP contribution in [0.15, 0.2) is 18.2 Å². The Morgan fingerprint density at radius 3 is 2.58 bits per heavy atom. The highest BCUT2D eigenvalue weighted by Crippen LogP contribution is 2.28. The number of carboxylic acid groups (broad SMARTS) is 1. The van der Waals surface area contributed by atoms with Crippen LogP contribution in [0.4, 0.5) is 8.78 Å². The van der Waals surface area contributed by atoms with Gasteiger partial charge in [-0.2, -0.15) is 0 Å². The van der Waals surface area contributed by atoms with Crippen molar-refractivity contribution < 1.29 is 28.2 Å². The van der Waals surface area contributed by atoms with E-state index in [2.05, 4.69) is 0 Å². The van der Waals surface area contributed by atoms with E-state index in [1.54, 1.807) is 6.92 Å². The summed E-state index contributed by atoms with van der Waals surface area (Å²) in [5.41, 5.74) is -0.495. The molecule has 0 aliphatic heterocycles. The van der Waals surface area contributed by atoms with E-state index in [9.17, 15) is 18.4 Å². The SMILES string of the molecule is CCOC(=O)c1cccc(CCC(=O)O)c1C(F)F. The number of hydrogen-bond donors (Lipinski definition) is 1. The Morgan fingerprint density at radius 1 is 1.37 bits per heavy atom. The largest absolute Gasteiger partial charge is 0.481 e. The number of ether oxygens (including phenoxy) is 1. The van der Waals surface area contributed by atoms with Gasteiger partial charge >= 0.3 is 11.9 Å². The zero-order valence-electron chi connectivity index (χ0n) is 10.4. The Balaban J connectivity index is 3.14. The zero-order valence-corrected chi connectivity index (χ0v) is 10.4. The molecule has 0 atom stereocenters. The van der Waals surface area contributed by atoms with Gasteiger partial charge in [-0.15, -0.1) is 0 Å². The Labute approximate surface area is 109 Å². The van der Waals surface area contributed by atoms with Crippen molar-refractivity contribution in [2.75, 3.05) is 6.61 Å². The quantitative estimate of drug-likeness (QED) is 0.809. The molecule has 4 nitrogen and oxygen atoms in total. The average Bonchev–Trinajstić information content (AvgIpc) is 2.35. The summed E-state index contributed by atoms with van der Waals surface area (Å²) in [7, 11) is 0. The van der Waals surface area contributed by atoms with Crippen LogP contribution in [0.2, 0.25) is 0 Å². The molecule has 0 aromatic heterocycles. The van der Waals surface area contributed by atoms with Gasteiger partial charge in [0.05, 0.1) is 12.2 Å². The first-order valence-corrected chi connectivity index (χ1v) is 5.76. The van der Waals surface area contributed by atoms with Crippen LogP contribution in [0.5, 0.6) is 0 Å². The number of hydrogen-bond acceptors (Lipinski definition) is 3. The fraction of sp³-hybridized carbons (Fsp3) is 0.385. The van der Waals surface area contributed by atoms with Gasteiger partial charge in [-0.1, -0.05) is 12.1 Å². The molecule has 104 valence electrons. The molecule has 0 unspecified atom stereocenters. The Kier molecular flexibility index (Phi) is 5.41. The standard InChI is InChI=1S/C13H14F2O4/c1-2-19-13(18)9-5-3-4-8(6-7-10(16)17)11(9)12(14)15/h3-5,12H,2,6-7H2,1H3,(H,16,17). The maximum Gasteiger partial charge on any atom is 0.338 e. The lowest BCUT2D eigenvalue weighted by molar-refractivity contribution is -0.136. The smallest absolute Gasteiger partial charge is 0.338 e. The molecule has 1 aromatic rings. The van der Waals surface area contributed by atoms with Crippen LogP contribution < -0.4 is 0 Å². The molecule has 19 heavy (non-hydrogen) atoms. The van der Waals surface area contributed by atoms with Crippen molar-refractivity contribution in [2.24, 2.45) is 0 Å². The maximum atomic E-state index is 13.1. The Bertz CT molecular complexity index is 472. The molecule has 1 aromatic carbocycles. The lowest BCUT2D eigenvalue weighted by Gasteiger charge is -2.12. The molecule has 0 heterocycles. The van der Waals surface area contributed by atoms with Crippen molar-refractivity contribution in [3.63, 3.8) is 0 Å². The average molecular weight is 272 g/mol. The van der Waals surface area contributed by atoms with Crippen LogP contribution in [-0.2, 0) is 16.0 Å². The number of aryl methyl sites for hydroxylation is 1. The van der Waals surface area contributed by atoms with Gasteiger partial charge in [-0.25, -0.2) is 13.6 Å². The summed E-state index contributed by atoms with van der Waals surface area (Å²) in [6, 6.07) is 4.09. The number of halogens is 2. The first kappa shape index (κ1) is 15.1. The van der Waals surface area contributed by atoms with E-state index in [4.69, 9.17) is 9.84 Å². The van der Waals surface area contributed by atoms with Gasteiger partial charge in [0.15, 0.2) is 0 Å². The van der Waals surface area contributed by atoms with Gasteiger partial charge in [-0.3, -0.25) is 4.79 Å². The molecule has 0 aliphatic carbocycles. The lowest BCUT2D eigenvalue weighted by Crippen LogP contribution is -2.11. The van der Waals surface area contributed by atoms with Gasteiger partial charge in [0.25, 0.3) is 6.43 Å². The molecule has 0 amide bonds. The van der Waals surface area contributed by atoms with Crippen LogP contribution in [0.3, 0.4) is 0 Å². The number of carboxylic acids is 1. The Morgan fingerprint density at radius 2 is 2.05 bits per heavy atom. The van der Waals surface area contributed by atoms with Crippen molar-refractivity contribution in [3.05, 3.63) is 34.9 Å². The summed E-state index contributed by atoms with van der Waals surface area (Å²) in [5.74, 6) is -1.91. The van der Waals surface area contributed by atoms with E-state index in [-0.39, 0.29) is 30.6 Å². The third kappa shape index (κ3) is 4.01. The third-order valence-electron chi connectivity index (χ3n) is 2.52. The second-order valence-corrected chi connectivity index (χ2v) is 3.79. The first-order chi connectivity index (χ1) is 8.97. The highest BCUT2D eigenvalue weighted by atomic mass is 19.3. The van der Waals surface area contributed by atoms with E-state index in [1.165, 1.54) is 18.2 Å². The van der Waals surface area contributed by atoms with E-state index in [0.29, 0.717) is 0 Å². The predicted octanol–water partition coefficient (Wildman–Crippen LogP) is 2.82. The molecular formula is C13H14F2O4. The lowest BCUT2D eigenvalue weighted by atomic mass is 9.98. The number of benzene rings is 1. The van der Waals surface area contributed by atoms with Crippen LogP contribution in [0, 0.1) is 0 Å². The topological polar surface area (TPSA) is 63.6 Å². The highest BCUT2D eigenvalue weighted by Gasteiger charge is 2.22. The molecule has 0 radical (unpaired) electrons. The molecule has 1 N–H and O–H groups in total. The van der Waals surface area contributed by atoms with Crippen molar-refractivity contribution in [1.29, 1.82) is 0 Å². The maximum absolute atomic E-state index is 13.1. The van der Waals surface area contributed by atoms with Crippen molar-refractivity contribution in [2.45, 2.75) is 26.2 Å². The van der Waals surface area contributed by atoms with Crippen LogP contribution >= 0.6 is 0 Å². The van der Waals surface area contributed by atoms with Gasteiger partial charge in [0.2, 0.25) is 0 Å². The summed E-state index contributed by atoms with van der Waals surface area (Å²) in [6.45, 7) is 1.66. The summed E-state index contributed by atoms with van der Waals surface area (Å²) in [4.78, 5) is 22.1. The number of carbonyl (C=O) groups excluding carboxylic acids is 1. The van der Waals surface area contributed by atoms with E-state index < -0.39 is 23.9 Å². The van der Waals surface area contributed by atoms with Crippen molar-refractivity contribution >= 4 is 11.9 Å². The monoisotopic (exact) mass is 272 g/mol. The molecule has 1 rings (SSSR count). The fourth-order valence-corrected chi connectivity index (χ4v) is 1.72. The highest BCUT2D eigenvalue weighted by molar-refractivity contribution is 5.91. The van der Waals surface area contributed by atoms with E-state index in [0.717, 1.165) is 0 Å².